The predicted molar refractivity (Wildman–Crippen MR) is 128 cm³/mol. The minimum atomic E-state index is 0.804. The molecule has 0 atom stereocenters. The fourth-order valence-electron chi connectivity index (χ4n) is 1.68. The van der Waals surface area contributed by atoms with Gasteiger partial charge in [-0.1, -0.05) is 0 Å². The zero-order valence-electron chi connectivity index (χ0n) is 9.92. The lowest BCUT2D eigenvalue weighted by Crippen LogP contribution is -1.93. The Kier molecular flexibility index (Phi) is 8.06. The molecule has 0 saturated heterocycles. The maximum Gasteiger partial charge on any atom is 0.0469 e. The van der Waals surface area contributed by atoms with Crippen LogP contribution in [-0.2, 0) is 0 Å². The van der Waals surface area contributed by atoms with Crippen LogP contribution in [0, 0.1) is 0 Å². The third-order valence-electron chi connectivity index (χ3n) is 2.73. The molecule has 0 aliphatic rings. The molecule has 2 aromatic rings. The monoisotopic (exact) mass is 841 g/mol. The molecule has 0 fully saturated rings. The largest absolute Gasteiger partial charge is 0.141 e. The minimum Gasteiger partial charge on any atom is -0.141 e. The van der Waals surface area contributed by atoms with Gasteiger partial charge in [0.05, 0.1) is 0 Å². The summed E-state index contributed by atoms with van der Waals surface area (Å²) in [7, 11) is 0. The van der Waals surface area contributed by atoms with Crippen LogP contribution in [0.25, 0.3) is 11.1 Å². The molecule has 0 bridgehead atoms. The molecular weight excluding hydrogens is 847 g/mol. The first-order valence-electron chi connectivity index (χ1n) is 5.21. The van der Waals surface area contributed by atoms with Crippen molar-refractivity contribution in [2.45, 2.75) is 9.79 Å². The second kappa shape index (κ2) is 8.33. The van der Waals surface area contributed by atoms with E-state index in [9.17, 15) is 0 Å². The molecule has 0 aliphatic heterocycles. The Balaban J connectivity index is 3.03. The summed E-state index contributed by atoms with van der Waals surface area (Å²) < 4.78 is 7.01. The number of halogens is 8. The summed E-state index contributed by atoms with van der Waals surface area (Å²) in [6.07, 6.45) is 0. The fraction of sp³-hybridized carbons (Fsp3) is 0. The highest BCUT2D eigenvalue weighted by molar-refractivity contribution is 9.14. The second-order valence-corrected chi connectivity index (χ2v) is 11.2. The lowest BCUT2D eigenvalue weighted by Gasteiger charge is -2.19. The third-order valence-corrected chi connectivity index (χ3v) is 13.3. The minimum absolute atomic E-state index is 0.804. The van der Waals surface area contributed by atoms with Gasteiger partial charge in [0.1, 0.15) is 0 Å². The van der Waals surface area contributed by atoms with E-state index in [0.717, 1.165) is 56.7 Å². The van der Waals surface area contributed by atoms with Crippen LogP contribution < -0.4 is 0 Å². The lowest BCUT2D eigenvalue weighted by atomic mass is 10.1. The molecule has 0 nitrogen and oxygen atoms in total. The first-order chi connectivity index (χ1) is 10.1. The predicted octanol–water partition coefficient (Wildman–Crippen LogP) is 10.0. The summed E-state index contributed by atoms with van der Waals surface area (Å²) in [6.45, 7) is 0. The van der Waals surface area contributed by atoms with E-state index in [-0.39, 0.29) is 0 Å². The van der Waals surface area contributed by atoms with Crippen LogP contribution in [0.5, 0.6) is 0 Å². The Morgan fingerprint density at radius 2 is 0.545 bits per heavy atom. The van der Waals surface area contributed by atoms with Gasteiger partial charge in [0.15, 0.2) is 0 Å². The maximum atomic E-state index is 4.51. The molecule has 2 rings (SSSR count). The first-order valence-corrected chi connectivity index (χ1v) is 12.4. The Morgan fingerprint density at radius 1 is 0.364 bits per heavy atom. The van der Waals surface area contributed by atoms with Crippen molar-refractivity contribution in [1.29, 1.82) is 0 Å². The molecule has 10 heteroatoms. The summed E-state index contributed by atoms with van der Waals surface area (Å²) in [4.78, 5) is 1.61. The summed E-state index contributed by atoms with van der Waals surface area (Å²) in [5.41, 5.74) is 1.93. The highest BCUT2D eigenvalue weighted by Crippen LogP contribution is 2.54. The van der Waals surface area contributed by atoms with E-state index in [1.165, 1.54) is 0 Å². The molecule has 0 aliphatic carbocycles. The van der Waals surface area contributed by atoms with Crippen LogP contribution >= 0.6 is 153 Å². The number of rotatable bonds is 1. The van der Waals surface area contributed by atoms with Gasteiger partial charge in [0, 0.05) is 56.7 Å². The van der Waals surface area contributed by atoms with Crippen LogP contribution in [0.2, 0.25) is 0 Å². The van der Waals surface area contributed by atoms with E-state index in [1.54, 1.807) is 0 Å². The van der Waals surface area contributed by atoms with Gasteiger partial charge < -0.3 is 0 Å². The molecule has 0 amide bonds. The van der Waals surface area contributed by atoms with Crippen molar-refractivity contribution in [3.8, 4) is 11.1 Å². The van der Waals surface area contributed by atoms with Gasteiger partial charge in [0.25, 0.3) is 0 Å². The lowest BCUT2D eigenvalue weighted by molar-refractivity contribution is 1.28. The van der Waals surface area contributed by atoms with Crippen LogP contribution in [0.4, 0.5) is 0 Å². The summed E-state index contributed by atoms with van der Waals surface area (Å²) in [5, 5.41) is 0. The average molecular weight is 850 g/mol. The summed E-state index contributed by atoms with van der Waals surface area (Å²) in [6, 6.07) is 0. The van der Waals surface area contributed by atoms with E-state index in [2.05, 4.69) is 153 Å². The quantitative estimate of drug-likeness (QED) is 0.207. The Morgan fingerprint density at radius 3 is 0.727 bits per heavy atom. The summed E-state index contributed by atoms with van der Waals surface area (Å²) in [5.74, 6) is 0. The normalized spacial score (nSPS) is 11.2. The molecule has 0 heterocycles. The van der Waals surface area contributed by atoms with Crippen LogP contribution in [0.1, 0.15) is 0 Å². The molecule has 22 heavy (non-hydrogen) atoms. The number of hydrogen-bond donors (Lipinski definition) is 2. The van der Waals surface area contributed by atoms with Crippen molar-refractivity contribution >= 4 is 153 Å². The highest BCUT2D eigenvalue weighted by Gasteiger charge is 2.25. The number of thiol groups is 2. The molecule has 0 spiro atoms. The van der Waals surface area contributed by atoms with E-state index in [1.807, 2.05) is 0 Å². The van der Waals surface area contributed by atoms with Crippen molar-refractivity contribution in [3.05, 3.63) is 35.8 Å². The van der Waals surface area contributed by atoms with E-state index < -0.39 is 0 Å². The van der Waals surface area contributed by atoms with Crippen molar-refractivity contribution in [2.24, 2.45) is 0 Å². The average Bonchev–Trinajstić information content (AvgIpc) is 2.50. The first kappa shape index (κ1) is 21.3. The van der Waals surface area contributed by atoms with E-state index >= 15 is 0 Å². The molecule has 0 aromatic heterocycles. The van der Waals surface area contributed by atoms with E-state index in [0.29, 0.717) is 0 Å². The van der Waals surface area contributed by atoms with Crippen LogP contribution in [-0.4, -0.2) is 0 Å². The van der Waals surface area contributed by atoms with E-state index in [4.69, 9.17) is 0 Å². The van der Waals surface area contributed by atoms with Crippen molar-refractivity contribution in [2.75, 3.05) is 0 Å². The van der Waals surface area contributed by atoms with Crippen LogP contribution in [0.3, 0.4) is 0 Å². The maximum absolute atomic E-state index is 4.51. The second-order valence-electron chi connectivity index (χ2n) is 3.96. The van der Waals surface area contributed by atoms with Crippen LogP contribution in [0.15, 0.2) is 45.6 Å². The zero-order valence-corrected chi connectivity index (χ0v) is 24.4. The standard InChI is InChI=1S/C12H2Br8S2/c13-3-1(4(14)8(18)11(21)7(3)17)2-5(15)9(19)12(22)10(20)6(2)16/h21-22H. The van der Waals surface area contributed by atoms with Crippen molar-refractivity contribution < 1.29 is 0 Å². The van der Waals surface area contributed by atoms with Gasteiger partial charge in [-0.15, -0.1) is 25.3 Å². The summed E-state index contributed by atoms with van der Waals surface area (Å²) >= 11 is 37.9. The number of benzene rings is 2. The van der Waals surface area contributed by atoms with Crippen molar-refractivity contribution in [3.63, 3.8) is 0 Å². The fourth-order valence-corrected chi connectivity index (χ4v) is 7.77. The van der Waals surface area contributed by atoms with Gasteiger partial charge in [-0.25, -0.2) is 0 Å². The molecule has 0 saturated carbocycles. The highest BCUT2D eigenvalue weighted by atomic mass is 79.9. The van der Waals surface area contributed by atoms with Gasteiger partial charge in [-0.05, 0) is 127 Å². The zero-order chi connectivity index (χ0) is 16.9. The molecule has 2 aromatic carbocycles. The molecule has 118 valence electrons. The molecule has 0 radical (unpaired) electrons. The van der Waals surface area contributed by atoms with Gasteiger partial charge in [-0.2, -0.15) is 0 Å². The SMILES string of the molecule is Sc1c(Br)c(Br)c(-c2c(Br)c(Br)c(S)c(Br)c2Br)c(Br)c1Br. The van der Waals surface area contributed by atoms with Crippen molar-refractivity contribution in [1.82, 2.24) is 0 Å². The Bertz CT molecular complexity index is 677. The topological polar surface area (TPSA) is 0 Å². The molecule has 0 N–H and O–H groups in total. The molecule has 0 unspecified atom stereocenters. The third kappa shape index (κ3) is 3.67. The van der Waals surface area contributed by atoms with Gasteiger partial charge in [-0.3, -0.25) is 0 Å². The van der Waals surface area contributed by atoms with Gasteiger partial charge >= 0.3 is 0 Å². The number of hydrogen-bond acceptors (Lipinski definition) is 2. The molecular formula is C12H2Br8S2. The Labute approximate surface area is 206 Å². The Hall–Kier alpha value is 2.98. The smallest absolute Gasteiger partial charge is 0.0469 e. The van der Waals surface area contributed by atoms with Gasteiger partial charge in [0.2, 0.25) is 0 Å².